The van der Waals surface area contributed by atoms with Crippen molar-refractivity contribution < 1.29 is 0 Å². The van der Waals surface area contributed by atoms with E-state index in [0.717, 1.165) is 57.8 Å². The van der Waals surface area contributed by atoms with Crippen molar-refractivity contribution in [2.75, 3.05) is 63.6 Å². The number of fused-ring (bicyclic) bond motifs is 5. The number of piperidine rings is 1. The van der Waals surface area contributed by atoms with Crippen LogP contribution in [0, 0.1) is 0 Å². The minimum Gasteiger partial charge on any atom is -0.369 e. The van der Waals surface area contributed by atoms with Crippen LogP contribution in [0.1, 0.15) is 24.1 Å². The quantitative estimate of drug-likeness (QED) is 0.665. The molecule has 1 aromatic heterocycles. The molecule has 1 N–H and O–H groups in total. The number of hydrogen-bond donors (Lipinski definition) is 1. The van der Waals surface area contributed by atoms with E-state index in [9.17, 15) is 0 Å². The van der Waals surface area contributed by atoms with E-state index in [1.165, 1.54) is 28.1 Å². The predicted octanol–water partition coefficient (Wildman–Crippen LogP) is 3.96. The molecule has 1 spiro atoms. The molecule has 170 valence electrons. The van der Waals surface area contributed by atoms with Crippen LogP contribution >= 0.6 is 0 Å². The maximum Gasteiger partial charge on any atom is 0.227 e. The lowest BCUT2D eigenvalue weighted by atomic mass is 9.73. The Kier molecular flexibility index (Phi) is 5.07. The van der Waals surface area contributed by atoms with Crippen LogP contribution in [0.2, 0.25) is 0 Å². The number of aromatic nitrogens is 2. The lowest BCUT2D eigenvalue weighted by Crippen LogP contribution is -2.44. The van der Waals surface area contributed by atoms with Crippen LogP contribution < -0.4 is 10.2 Å². The van der Waals surface area contributed by atoms with Gasteiger partial charge in [0.15, 0.2) is 0 Å². The molecule has 2 aliphatic heterocycles. The fraction of sp³-hybridized carbons (Fsp3) is 0.407. The summed E-state index contributed by atoms with van der Waals surface area (Å²) in [7, 11) is 4.41. The summed E-state index contributed by atoms with van der Waals surface area (Å²) in [6, 6.07) is 17.5. The number of likely N-dealkylation sites (N-methyl/N-ethyl adjacent to an activating group) is 1. The van der Waals surface area contributed by atoms with Gasteiger partial charge in [0.25, 0.3) is 0 Å². The zero-order chi connectivity index (χ0) is 22.4. The molecule has 2 fully saturated rings. The number of nitrogens with one attached hydrogen (secondary N) is 1. The van der Waals surface area contributed by atoms with Crippen LogP contribution in [0.4, 0.5) is 17.3 Å². The Morgan fingerprint density at radius 3 is 2.24 bits per heavy atom. The number of piperazine rings is 1. The van der Waals surface area contributed by atoms with Crippen molar-refractivity contribution in [1.29, 1.82) is 0 Å². The average molecular weight is 441 g/mol. The molecule has 0 unspecified atom stereocenters. The van der Waals surface area contributed by atoms with E-state index in [-0.39, 0.29) is 5.41 Å². The summed E-state index contributed by atoms with van der Waals surface area (Å²) >= 11 is 0. The molecule has 1 aliphatic carbocycles. The van der Waals surface area contributed by atoms with Gasteiger partial charge in [-0.2, -0.15) is 0 Å². The second kappa shape index (κ2) is 8.12. The number of hydrogen-bond acceptors (Lipinski definition) is 6. The Balaban J connectivity index is 1.27. The van der Waals surface area contributed by atoms with Crippen LogP contribution in [0.5, 0.6) is 0 Å². The summed E-state index contributed by atoms with van der Waals surface area (Å²) in [4.78, 5) is 17.1. The molecule has 6 nitrogen and oxygen atoms in total. The van der Waals surface area contributed by atoms with Gasteiger partial charge in [0.05, 0.1) is 5.69 Å². The Bertz CT molecular complexity index is 1140. The number of likely N-dealkylation sites (tertiary alicyclic amines) is 1. The third-order valence-corrected chi connectivity index (χ3v) is 7.81. The highest BCUT2D eigenvalue weighted by atomic mass is 15.2. The minimum absolute atomic E-state index is 0.00306. The highest BCUT2D eigenvalue weighted by molar-refractivity contribution is 5.80. The zero-order valence-corrected chi connectivity index (χ0v) is 19.6. The summed E-state index contributed by atoms with van der Waals surface area (Å²) in [5.74, 6) is 0.687. The first-order valence-corrected chi connectivity index (χ1v) is 12.1. The second-order valence-corrected chi connectivity index (χ2v) is 9.85. The Hall–Kier alpha value is -2.96. The number of rotatable bonds is 3. The average Bonchev–Trinajstić information content (AvgIpc) is 3.11. The topological polar surface area (TPSA) is 47.5 Å². The molecular formula is C27H32N6. The smallest absolute Gasteiger partial charge is 0.227 e. The predicted molar refractivity (Wildman–Crippen MR) is 134 cm³/mol. The molecule has 6 rings (SSSR count). The number of anilines is 3. The van der Waals surface area contributed by atoms with Crippen molar-refractivity contribution in [2.45, 2.75) is 18.3 Å². The lowest BCUT2D eigenvalue weighted by Gasteiger charge is -2.38. The molecule has 33 heavy (non-hydrogen) atoms. The molecule has 0 atom stereocenters. The van der Waals surface area contributed by atoms with Crippen LogP contribution in [-0.2, 0) is 5.41 Å². The van der Waals surface area contributed by atoms with Crippen LogP contribution in [0.3, 0.4) is 0 Å². The molecule has 0 bridgehead atoms. The van der Waals surface area contributed by atoms with E-state index >= 15 is 0 Å². The third kappa shape index (κ3) is 3.58. The van der Waals surface area contributed by atoms with E-state index in [2.05, 4.69) is 82.6 Å². The summed E-state index contributed by atoms with van der Waals surface area (Å²) in [5, 5.41) is 3.47. The van der Waals surface area contributed by atoms with Gasteiger partial charge in [-0.05, 0) is 75.4 Å². The van der Waals surface area contributed by atoms with Crippen molar-refractivity contribution in [3.63, 3.8) is 0 Å². The van der Waals surface area contributed by atoms with Gasteiger partial charge in [-0.25, -0.2) is 9.97 Å². The van der Waals surface area contributed by atoms with Crippen molar-refractivity contribution >= 4 is 17.3 Å². The van der Waals surface area contributed by atoms with Crippen LogP contribution in [0.15, 0.2) is 54.7 Å². The lowest BCUT2D eigenvalue weighted by molar-refractivity contribution is 0.213. The van der Waals surface area contributed by atoms with E-state index in [1.54, 1.807) is 0 Å². The van der Waals surface area contributed by atoms with E-state index in [1.807, 2.05) is 6.20 Å². The fourth-order valence-corrected chi connectivity index (χ4v) is 5.72. The van der Waals surface area contributed by atoms with Gasteiger partial charge in [0, 0.05) is 54.7 Å². The maximum absolute atomic E-state index is 5.13. The van der Waals surface area contributed by atoms with Crippen molar-refractivity contribution in [2.24, 2.45) is 0 Å². The van der Waals surface area contributed by atoms with Gasteiger partial charge in [0.2, 0.25) is 5.95 Å². The van der Waals surface area contributed by atoms with Gasteiger partial charge in [-0.1, -0.05) is 24.3 Å². The summed E-state index contributed by atoms with van der Waals surface area (Å²) in [5.41, 5.74) is 7.44. The van der Waals surface area contributed by atoms with Gasteiger partial charge in [0.1, 0.15) is 0 Å². The van der Waals surface area contributed by atoms with E-state index < -0.39 is 0 Å². The molecule has 0 radical (unpaired) electrons. The normalized spacial score (nSPS) is 20.0. The highest BCUT2D eigenvalue weighted by Gasteiger charge is 2.46. The van der Waals surface area contributed by atoms with E-state index in [0.29, 0.717) is 5.95 Å². The SMILES string of the molecule is CN1CCN(c2ccc(Nc3ncc4c(n3)C3(CCN(C)CC3)c3ccccc3-4)cc2)CC1. The molecule has 3 aliphatic rings. The maximum atomic E-state index is 5.13. The largest absolute Gasteiger partial charge is 0.369 e. The van der Waals surface area contributed by atoms with Crippen molar-refractivity contribution in [1.82, 2.24) is 19.8 Å². The first kappa shape index (κ1) is 20.6. The van der Waals surface area contributed by atoms with Crippen LogP contribution in [0.25, 0.3) is 11.1 Å². The van der Waals surface area contributed by atoms with Gasteiger partial charge >= 0.3 is 0 Å². The summed E-state index contributed by atoms with van der Waals surface area (Å²) in [6.45, 7) is 6.57. The molecule has 3 heterocycles. The van der Waals surface area contributed by atoms with Gasteiger partial charge in [-0.3, -0.25) is 0 Å². The molecule has 2 saturated heterocycles. The van der Waals surface area contributed by atoms with Gasteiger partial charge < -0.3 is 20.0 Å². The van der Waals surface area contributed by atoms with Crippen LogP contribution in [-0.4, -0.2) is 73.1 Å². The van der Waals surface area contributed by atoms with E-state index in [4.69, 9.17) is 9.97 Å². The first-order valence-electron chi connectivity index (χ1n) is 12.1. The number of benzene rings is 2. The molecular weight excluding hydrogens is 408 g/mol. The monoisotopic (exact) mass is 440 g/mol. The van der Waals surface area contributed by atoms with Crippen molar-refractivity contribution in [3.05, 3.63) is 66.0 Å². The fourth-order valence-electron chi connectivity index (χ4n) is 5.72. The Morgan fingerprint density at radius 2 is 1.48 bits per heavy atom. The Morgan fingerprint density at radius 1 is 0.788 bits per heavy atom. The third-order valence-electron chi connectivity index (χ3n) is 7.81. The summed E-state index contributed by atoms with van der Waals surface area (Å²) < 4.78 is 0. The first-order chi connectivity index (χ1) is 16.1. The zero-order valence-electron chi connectivity index (χ0n) is 19.6. The molecule has 0 saturated carbocycles. The molecule has 0 amide bonds. The minimum atomic E-state index is 0.00306. The second-order valence-electron chi connectivity index (χ2n) is 9.85. The highest BCUT2D eigenvalue weighted by Crippen LogP contribution is 2.53. The summed E-state index contributed by atoms with van der Waals surface area (Å²) in [6.07, 6.45) is 4.22. The van der Waals surface area contributed by atoms with Gasteiger partial charge in [-0.15, -0.1) is 0 Å². The standard InChI is InChI=1S/C27H32N6/c1-31-13-11-27(12-14-31)24-6-4-3-5-22(24)23-19-28-26(30-25(23)27)29-20-7-9-21(10-8-20)33-17-15-32(2)16-18-33/h3-10,19H,11-18H2,1-2H3,(H,28,29,30). The molecule has 6 heteroatoms. The Labute approximate surface area is 196 Å². The van der Waals surface area contributed by atoms with Crippen molar-refractivity contribution in [3.8, 4) is 11.1 Å². The number of nitrogens with zero attached hydrogens (tertiary/aromatic N) is 5. The molecule has 3 aromatic rings. The molecule has 2 aromatic carbocycles.